The van der Waals surface area contributed by atoms with E-state index in [4.69, 9.17) is 22.1 Å². The third-order valence-corrected chi connectivity index (χ3v) is 4.92. The van der Waals surface area contributed by atoms with Gasteiger partial charge in [0, 0.05) is 31.4 Å². The molecule has 1 aliphatic heterocycles. The molecule has 1 aliphatic rings. The number of nitrogens with two attached hydrogens (primary N) is 1. The fourth-order valence-corrected chi connectivity index (χ4v) is 3.59. The molecule has 126 valence electrons. The van der Waals surface area contributed by atoms with Crippen LogP contribution < -0.4 is 5.73 Å². The standard InChI is InChI=1S/C17H19ClN4O2/c18-9-13-21-14-15(11-3-1-2-4-12(11)20-16(14)19)22(13)10-17(23)5-7-24-8-6-17/h1-4,23H,5-10H2,(H2,19,20). The Labute approximate surface area is 144 Å². The van der Waals surface area contributed by atoms with E-state index in [1.807, 2.05) is 28.8 Å². The Morgan fingerprint density at radius 3 is 2.75 bits per heavy atom. The fourth-order valence-electron chi connectivity index (χ4n) is 3.38. The minimum atomic E-state index is -0.828. The van der Waals surface area contributed by atoms with Crippen LogP contribution in [-0.4, -0.2) is 38.5 Å². The molecule has 2 aromatic heterocycles. The number of fused-ring (bicyclic) bond motifs is 3. The number of pyridine rings is 1. The maximum absolute atomic E-state index is 10.9. The number of imidazole rings is 1. The SMILES string of the molecule is Nc1nc2ccccc2c2c1nc(CCl)n2CC1(O)CCOCC1. The first kappa shape index (κ1) is 15.6. The lowest BCUT2D eigenvalue weighted by Gasteiger charge is -2.33. The van der Waals surface area contributed by atoms with Crippen molar-refractivity contribution in [1.29, 1.82) is 0 Å². The van der Waals surface area contributed by atoms with Gasteiger partial charge in [0.15, 0.2) is 5.82 Å². The Balaban J connectivity index is 1.95. The van der Waals surface area contributed by atoms with Gasteiger partial charge < -0.3 is 20.1 Å². The van der Waals surface area contributed by atoms with Crippen LogP contribution in [0.3, 0.4) is 0 Å². The van der Waals surface area contributed by atoms with Gasteiger partial charge in [0.2, 0.25) is 0 Å². The Hall–Kier alpha value is -1.89. The van der Waals surface area contributed by atoms with Crippen LogP contribution in [0.5, 0.6) is 0 Å². The molecule has 6 nitrogen and oxygen atoms in total. The van der Waals surface area contributed by atoms with Crippen LogP contribution >= 0.6 is 11.6 Å². The number of hydrogen-bond donors (Lipinski definition) is 2. The van der Waals surface area contributed by atoms with E-state index in [0.717, 1.165) is 16.4 Å². The molecule has 0 aliphatic carbocycles. The zero-order chi connectivity index (χ0) is 16.7. The van der Waals surface area contributed by atoms with Crippen LogP contribution in [0, 0.1) is 0 Å². The predicted octanol–water partition coefficient (Wildman–Crippen LogP) is 2.45. The molecule has 24 heavy (non-hydrogen) atoms. The fraction of sp³-hybridized carbons (Fsp3) is 0.412. The van der Waals surface area contributed by atoms with E-state index in [9.17, 15) is 5.11 Å². The van der Waals surface area contributed by atoms with Gasteiger partial charge in [-0.15, -0.1) is 11.6 Å². The number of nitrogen functional groups attached to an aromatic ring is 1. The van der Waals surface area contributed by atoms with E-state index < -0.39 is 5.60 Å². The molecule has 0 radical (unpaired) electrons. The molecule has 3 N–H and O–H groups in total. The predicted molar refractivity (Wildman–Crippen MR) is 94.0 cm³/mol. The number of ether oxygens (including phenoxy) is 1. The van der Waals surface area contributed by atoms with Crippen molar-refractivity contribution in [1.82, 2.24) is 14.5 Å². The summed E-state index contributed by atoms with van der Waals surface area (Å²) in [6.07, 6.45) is 1.18. The van der Waals surface area contributed by atoms with Crippen LogP contribution in [0.2, 0.25) is 0 Å². The number of aromatic nitrogens is 3. The van der Waals surface area contributed by atoms with Crippen LogP contribution in [-0.2, 0) is 17.2 Å². The van der Waals surface area contributed by atoms with Crippen LogP contribution in [0.1, 0.15) is 18.7 Å². The van der Waals surface area contributed by atoms with Crippen molar-refractivity contribution in [2.45, 2.75) is 30.9 Å². The number of aliphatic hydroxyl groups is 1. The number of alkyl halides is 1. The first-order valence-corrected chi connectivity index (χ1v) is 8.54. The van der Waals surface area contributed by atoms with E-state index >= 15 is 0 Å². The van der Waals surface area contributed by atoms with E-state index in [-0.39, 0.29) is 5.88 Å². The first-order chi connectivity index (χ1) is 11.6. The van der Waals surface area contributed by atoms with Gasteiger partial charge in [-0.3, -0.25) is 0 Å². The van der Waals surface area contributed by atoms with Crippen molar-refractivity contribution >= 4 is 39.4 Å². The van der Waals surface area contributed by atoms with Crippen LogP contribution in [0.4, 0.5) is 5.82 Å². The number of nitrogens with zero attached hydrogens (tertiary/aromatic N) is 3. The van der Waals surface area contributed by atoms with Gasteiger partial charge in [-0.05, 0) is 6.07 Å². The second-order valence-electron chi connectivity index (χ2n) is 6.30. The highest BCUT2D eigenvalue weighted by Crippen LogP contribution is 2.32. The summed E-state index contributed by atoms with van der Waals surface area (Å²) in [6.45, 7) is 1.54. The summed E-state index contributed by atoms with van der Waals surface area (Å²) < 4.78 is 7.37. The van der Waals surface area contributed by atoms with Gasteiger partial charge in [0.25, 0.3) is 0 Å². The molecule has 3 aromatic rings. The lowest BCUT2D eigenvalue weighted by molar-refractivity contribution is -0.0725. The molecule has 4 rings (SSSR count). The summed E-state index contributed by atoms with van der Waals surface area (Å²) in [5.41, 5.74) is 7.62. The van der Waals surface area contributed by atoms with Crippen molar-refractivity contribution in [3.63, 3.8) is 0 Å². The van der Waals surface area contributed by atoms with E-state index in [1.54, 1.807) is 0 Å². The van der Waals surface area contributed by atoms with Gasteiger partial charge in [-0.2, -0.15) is 0 Å². The number of hydrogen-bond acceptors (Lipinski definition) is 5. The molecular formula is C17H19ClN4O2. The third-order valence-electron chi connectivity index (χ3n) is 4.68. The maximum Gasteiger partial charge on any atom is 0.152 e. The lowest BCUT2D eigenvalue weighted by Crippen LogP contribution is -2.40. The average Bonchev–Trinajstić information content (AvgIpc) is 2.94. The Kier molecular flexibility index (Phi) is 3.83. The molecule has 1 aromatic carbocycles. The number of halogens is 1. The maximum atomic E-state index is 10.9. The quantitative estimate of drug-likeness (QED) is 0.711. The van der Waals surface area contributed by atoms with Gasteiger partial charge >= 0.3 is 0 Å². The summed E-state index contributed by atoms with van der Waals surface area (Å²) in [4.78, 5) is 9.01. The van der Waals surface area contributed by atoms with Crippen molar-refractivity contribution in [3.8, 4) is 0 Å². The molecule has 1 fully saturated rings. The molecular weight excluding hydrogens is 328 g/mol. The zero-order valence-corrected chi connectivity index (χ0v) is 14.0. The minimum Gasteiger partial charge on any atom is -0.388 e. The molecule has 0 atom stereocenters. The molecule has 0 saturated carbocycles. The molecule has 0 spiro atoms. The number of rotatable bonds is 3. The molecule has 0 amide bonds. The van der Waals surface area contributed by atoms with E-state index in [2.05, 4.69) is 9.97 Å². The van der Waals surface area contributed by atoms with E-state index in [0.29, 0.717) is 49.8 Å². The monoisotopic (exact) mass is 346 g/mol. The highest BCUT2D eigenvalue weighted by Gasteiger charge is 2.32. The summed E-state index contributed by atoms with van der Waals surface area (Å²) >= 11 is 6.12. The first-order valence-electron chi connectivity index (χ1n) is 8.01. The third kappa shape index (κ3) is 2.51. The summed E-state index contributed by atoms with van der Waals surface area (Å²) in [7, 11) is 0. The Bertz CT molecular complexity index is 902. The zero-order valence-electron chi connectivity index (χ0n) is 13.2. The molecule has 1 saturated heterocycles. The molecule has 7 heteroatoms. The second kappa shape index (κ2) is 5.88. The number of para-hydroxylation sites is 1. The smallest absolute Gasteiger partial charge is 0.152 e. The van der Waals surface area contributed by atoms with Gasteiger partial charge in [-0.1, -0.05) is 18.2 Å². The highest BCUT2D eigenvalue weighted by atomic mass is 35.5. The van der Waals surface area contributed by atoms with Crippen molar-refractivity contribution < 1.29 is 9.84 Å². The van der Waals surface area contributed by atoms with Crippen LogP contribution in [0.15, 0.2) is 24.3 Å². The normalized spacial score (nSPS) is 17.6. The average molecular weight is 347 g/mol. The van der Waals surface area contributed by atoms with Gasteiger partial charge in [0.05, 0.1) is 29.1 Å². The van der Waals surface area contributed by atoms with Crippen molar-refractivity contribution in [2.24, 2.45) is 0 Å². The van der Waals surface area contributed by atoms with Crippen molar-refractivity contribution in [2.75, 3.05) is 18.9 Å². The van der Waals surface area contributed by atoms with E-state index in [1.165, 1.54) is 0 Å². The number of anilines is 1. The Morgan fingerprint density at radius 2 is 2.00 bits per heavy atom. The molecule has 3 heterocycles. The summed E-state index contributed by atoms with van der Waals surface area (Å²) in [5, 5.41) is 11.9. The Morgan fingerprint density at radius 1 is 1.25 bits per heavy atom. The van der Waals surface area contributed by atoms with Gasteiger partial charge in [-0.25, -0.2) is 9.97 Å². The largest absolute Gasteiger partial charge is 0.388 e. The van der Waals surface area contributed by atoms with Crippen molar-refractivity contribution in [3.05, 3.63) is 30.1 Å². The van der Waals surface area contributed by atoms with Gasteiger partial charge in [0.1, 0.15) is 11.3 Å². The summed E-state index contributed by atoms with van der Waals surface area (Å²) in [5.74, 6) is 1.32. The lowest BCUT2D eigenvalue weighted by atomic mass is 9.94. The van der Waals surface area contributed by atoms with Crippen LogP contribution in [0.25, 0.3) is 21.9 Å². The second-order valence-corrected chi connectivity index (χ2v) is 6.56. The number of benzene rings is 1. The highest BCUT2D eigenvalue weighted by molar-refractivity contribution is 6.17. The summed E-state index contributed by atoms with van der Waals surface area (Å²) in [6, 6.07) is 7.80. The minimum absolute atomic E-state index is 0.245. The topological polar surface area (TPSA) is 86.2 Å². The molecule has 0 unspecified atom stereocenters. The molecule has 0 bridgehead atoms.